The number of hydrogen-bond donors (Lipinski definition) is 6. The van der Waals surface area contributed by atoms with E-state index in [1.54, 1.807) is 30.5 Å². The van der Waals surface area contributed by atoms with Crippen molar-refractivity contribution in [3.05, 3.63) is 66.2 Å². The molecule has 4 rings (SSSR count). The van der Waals surface area contributed by atoms with E-state index in [4.69, 9.17) is 11.0 Å². The second kappa shape index (κ2) is 11.5. The predicted molar refractivity (Wildman–Crippen MR) is 148 cm³/mol. The number of aromatic nitrogens is 3. The number of rotatable bonds is 9. The van der Waals surface area contributed by atoms with Gasteiger partial charge in [0.05, 0.1) is 22.0 Å². The van der Waals surface area contributed by atoms with Crippen LogP contribution < -0.4 is 21.7 Å². The Morgan fingerprint density at radius 2 is 1.51 bits per heavy atom. The maximum atomic E-state index is 11.9. The number of hydrogen-bond acceptors (Lipinski definition) is 14. The van der Waals surface area contributed by atoms with Gasteiger partial charge in [0.1, 0.15) is 10.6 Å². The average molecular weight is 597 g/mol. The van der Waals surface area contributed by atoms with E-state index in [2.05, 4.69) is 41.1 Å². The second-order valence-corrected chi connectivity index (χ2v) is 11.0. The maximum absolute atomic E-state index is 11.9. The summed E-state index contributed by atoms with van der Waals surface area (Å²) in [6.07, 6.45) is 1.66. The molecule has 7 N–H and O–H groups in total. The van der Waals surface area contributed by atoms with E-state index in [9.17, 15) is 25.9 Å². The molecule has 0 saturated carbocycles. The molecule has 4 aromatic rings. The van der Waals surface area contributed by atoms with Gasteiger partial charge in [-0.15, -0.1) is 5.11 Å². The highest BCUT2D eigenvalue weighted by Gasteiger charge is 2.19. The molecule has 41 heavy (non-hydrogen) atoms. The van der Waals surface area contributed by atoms with E-state index in [-0.39, 0.29) is 45.5 Å². The number of benzene rings is 3. The van der Waals surface area contributed by atoms with Crippen molar-refractivity contribution >= 4 is 66.5 Å². The Kier molecular flexibility index (Phi) is 8.06. The Bertz CT molecular complexity index is 1910. The van der Waals surface area contributed by atoms with E-state index in [1.165, 1.54) is 18.2 Å². The zero-order valence-corrected chi connectivity index (χ0v) is 22.5. The smallest absolute Gasteiger partial charge is 0.296 e. The lowest BCUT2D eigenvalue weighted by Crippen LogP contribution is -2.08. The Morgan fingerprint density at radius 3 is 2.15 bits per heavy atom. The fourth-order valence-corrected chi connectivity index (χ4v) is 4.44. The van der Waals surface area contributed by atoms with Gasteiger partial charge in [0.15, 0.2) is 6.19 Å². The van der Waals surface area contributed by atoms with E-state index >= 15 is 0 Å². The molecule has 210 valence electrons. The highest BCUT2D eigenvalue weighted by atomic mass is 32.2. The summed E-state index contributed by atoms with van der Waals surface area (Å²) in [6.45, 7) is 1.89. The van der Waals surface area contributed by atoms with Crippen molar-refractivity contribution in [2.24, 2.45) is 10.2 Å². The fraction of sp³-hybridized carbons (Fsp3) is 0.0435. The van der Waals surface area contributed by atoms with Gasteiger partial charge in [0, 0.05) is 5.69 Å². The van der Waals surface area contributed by atoms with E-state index in [1.807, 2.05) is 6.92 Å². The van der Waals surface area contributed by atoms with Gasteiger partial charge in [0.25, 0.3) is 20.2 Å². The van der Waals surface area contributed by atoms with Crippen LogP contribution >= 0.6 is 0 Å². The van der Waals surface area contributed by atoms with Gasteiger partial charge >= 0.3 is 0 Å². The Hall–Kier alpha value is -5.22. The first-order chi connectivity index (χ1) is 19.3. The number of nitrogens with two attached hydrogens (primary N) is 1. The minimum absolute atomic E-state index is 0.0687. The van der Waals surface area contributed by atoms with Crippen molar-refractivity contribution in [1.29, 1.82) is 5.26 Å². The zero-order valence-electron chi connectivity index (χ0n) is 20.9. The summed E-state index contributed by atoms with van der Waals surface area (Å²) in [6, 6.07) is 14.3. The first-order valence-electron chi connectivity index (χ1n) is 11.2. The topological polar surface area (TPSA) is 258 Å². The Labute approximate surface area is 233 Å². The number of nitrogen functional groups attached to an aromatic ring is 1. The third-order valence-corrected chi connectivity index (χ3v) is 6.91. The molecule has 18 heteroatoms. The summed E-state index contributed by atoms with van der Waals surface area (Å²) >= 11 is 0. The standard InChI is InChI=1S/C23H20N10O6S2/c1-13-5-7-14(8-6-13)32-33-19-11-20(41(37,38)39)17(25)10-18(19)28-23-30-21(26-12-24)29-22(31-23)27-15-3-2-4-16(9-15)40(34,35)36/h2-11H,25H2,1H3,(H,34,35,36)(H,37,38,39)(H3,26,27,28,29,30,31). The van der Waals surface area contributed by atoms with E-state index in [0.29, 0.717) is 5.69 Å². The summed E-state index contributed by atoms with van der Waals surface area (Å²) < 4.78 is 65.6. The minimum Gasteiger partial charge on any atom is -0.398 e. The van der Waals surface area contributed by atoms with Crippen LogP contribution in [0.4, 0.5) is 46.3 Å². The van der Waals surface area contributed by atoms with Gasteiger partial charge in [-0.1, -0.05) is 23.8 Å². The van der Waals surface area contributed by atoms with Gasteiger partial charge in [-0.3, -0.25) is 14.4 Å². The summed E-state index contributed by atoms with van der Waals surface area (Å²) in [7, 11) is -9.20. The molecule has 0 radical (unpaired) electrons. The number of nitrogens with zero attached hydrogens (tertiary/aromatic N) is 6. The number of nitrogens with one attached hydrogen (secondary N) is 3. The van der Waals surface area contributed by atoms with Crippen LogP contribution in [0.1, 0.15) is 5.56 Å². The third kappa shape index (κ3) is 7.46. The molecule has 1 aromatic heterocycles. The second-order valence-electron chi connectivity index (χ2n) is 8.21. The van der Waals surface area contributed by atoms with Gasteiger partial charge in [-0.05, 0) is 49.4 Å². The highest BCUT2D eigenvalue weighted by molar-refractivity contribution is 7.86. The van der Waals surface area contributed by atoms with Crippen LogP contribution in [0, 0.1) is 18.4 Å². The van der Waals surface area contributed by atoms with E-state index < -0.39 is 25.1 Å². The van der Waals surface area contributed by atoms with Crippen LogP contribution in [0.2, 0.25) is 0 Å². The molecule has 0 aliphatic heterocycles. The molecule has 0 amide bonds. The molecule has 1 heterocycles. The first-order valence-corrected chi connectivity index (χ1v) is 14.1. The molecule has 0 unspecified atom stereocenters. The largest absolute Gasteiger partial charge is 0.398 e. The molecule has 0 bridgehead atoms. The normalized spacial score (nSPS) is 11.7. The van der Waals surface area contributed by atoms with Crippen molar-refractivity contribution in [3.63, 3.8) is 0 Å². The quantitative estimate of drug-likeness (QED) is 0.0523. The van der Waals surface area contributed by atoms with E-state index in [0.717, 1.165) is 23.8 Å². The molecule has 3 aromatic carbocycles. The first kappa shape index (κ1) is 28.8. The SMILES string of the molecule is Cc1ccc(N=Nc2cc(S(=O)(=O)O)c(N)cc2Nc2nc(NC#N)nc(Nc3cccc(S(=O)(=O)O)c3)n2)cc1. The monoisotopic (exact) mass is 596 g/mol. The molecular weight excluding hydrogens is 576 g/mol. The lowest BCUT2D eigenvalue weighted by atomic mass is 10.2. The van der Waals surface area contributed by atoms with Crippen LogP contribution in [-0.4, -0.2) is 40.9 Å². The third-order valence-electron chi connectivity index (χ3n) is 5.15. The molecular formula is C23H20N10O6S2. The molecule has 0 spiro atoms. The van der Waals surface area contributed by atoms with Crippen molar-refractivity contribution in [2.45, 2.75) is 16.7 Å². The molecule has 0 aliphatic carbocycles. The van der Waals surface area contributed by atoms with Crippen LogP contribution in [0.15, 0.2) is 80.7 Å². The molecule has 0 fully saturated rings. The van der Waals surface area contributed by atoms with Crippen molar-refractivity contribution in [1.82, 2.24) is 15.0 Å². The van der Waals surface area contributed by atoms with Crippen molar-refractivity contribution < 1.29 is 25.9 Å². The van der Waals surface area contributed by atoms with Crippen LogP contribution in [0.5, 0.6) is 0 Å². The zero-order chi connectivity index (χ0) is 29.8. The summed E-state index contributed by atoms with van der Waals surface area (Å²) in [5.41, 5.74) is 7.15. The minimum atomic E-state index is -4.72. The number of anilines is 6. The molecule has 0 saturated heterocycles. The highest BCUT2D eigenvalue weighted by Crippen LogP contribution is 2.35. The lowest BCUT2D eigenvalue weighted by Gasteiger charge is -2.13. The summed E-state index contributed by atoms with van der Waals surface area (Å²) in [4.78, 5) is 11.3. The summed E-state index contributed by atoms with van der Waals surface area (Å²) in [5, 5.41) is 25.1. The van der Waals surface area contributed by atoms with Crippen molar-refractivity contribution in [2.75, 3.05) is 21.7 Å². The van der Waals surface area contributed by atoms with Gasteiger partial charge in [0.2, 0.25) is 17.8 Å². The van der Waals surface area contributed by atoms with Crippen LogP contribution in [0.3, 0.4) is 0 Å². The molecule has 0 atom stereocenters. The average Bonchev–Trinajstić information content (AvgIpc) is 2.88. The number of nitriles is 1. The van der Waals surface area contributed by atoms with Gasteiger partial charge < -0.3 is 16.4 Å². The Morgan fingerprint density at radius 1 is 0.854 bits per heavy atom. The predicted octanol–water partition coefficient (Wildman–Crippen LogP) is 4.05. The molecule has 0 aliphatic rings. The molecule has 16 nitrogen and oxygen atoms in total. The van der Waals surface area contributed by atoms with Crippen molar-refractivity contribution in [3.8, 4) is 6.19 Å². The Balaban J connectivity index is 1.75. The van der Waals surface area contributed by atoms with Crippen LogP contribution in [-0.2, 0) is 20.2 Å². The number of aryl methyl sites for hydroxylation is 1. The van der Waals surface area contributed by atoms with Gasteiger partial charge in [-0.2, -0.15) is 42.2 Å². The van der Waals surface area contributed by atoms with Crippen LogP contribution in [0.25, 0.3) is 0 Å². The fourth-order valence-electron chi connectivity index (χ4n) is 3.29. The summed E-state index contributed by atoms with van der Waals surface area (Å²) in [5.74, 6) is -0.557. The van der Waals surface area contributed by atoms with Gasteiger partial charge in [-0.25, -0.2) is 0 Å². The number of azo groups is 1. The lowest BCUT2D eigenvalue weighted by molar-refractivity contribution is 0.481. The maximum Gasteiger partial charge on any atom is 0.296 e.